The molecule has 160 valence electrons. The van der Waals surface area contributed by atoms with Crippen LogP contribution < -0.4 is 0 Å². The van der Waals surface area contributed by atoms with E-state index < -0.39 is 11.7 Å². The monoisotopic (exact) mass is 430 g/mol. The van der Waals surface area contributed by atoms with Crippen molar-refractivity contribution in [1.82, 2.24) is 19.7 Å². The molecule has 2 saturated heterocycles. The van der Waals surface area contributed by atoms with Gasteiger partial charge in [-0.1, -0.05) is 11.8 Å². The Morgan fingerprint density at radius 1 is 0.931 bits per heavy atom. The predicted octanol–water partition coefficient (Wildman–Crippen LogP) is 2.35. The van der Waals surface area contributed by atoms with E-state index in [4.69, 9.17) is 0 Å². The van der Waals surface area contributed by atoms with Crippen LogP contribution in [0, 0.1) is 0 Å². The van der Waals surface area contributed by atoms with Crippen molar-refractivity contribution in [2.45, 2.75) is 30.5 Å². The first kappa shape index (κ1) is 21.9. The van der Waals surface area contributed by atoms with Crippen LogP contribution in [-0.4, -0.2) is 83.1 Å². The van der Waals surface area contributed by atoms with Crippen LogP contribution in [0.3, 0.4) is 0 Å². The zero-order chi connectivity index (χ0) is 20.9. The third-order valence-electron chi connectivity index (χ3n) is 5.20. The summed E-state index contributed by atoms with van der Waals surface area (Å²) >= 11 is 1.13. The number of hydrogen-bond acceptors (Lipinski definition) is 5. The molecule has 3 heterocycles. The largest absolute Gasteiger partial charge is 0.417 e. The Morgan fingerprint density at radius 2 is 1.59 bits per heavy atom. The molecule has 29 heavy (non-hydrogen) atoms. The van der Waals surface area contributed by atoms with E-state index in [1.165, 1.54) is 12.5 Å². The number of thioether (sulfide) groups is 1. The standard InChI is InChI=1S/C19H25F3N4O2S/c20-19(21,22)15-4-5-16(23-12-15)29-14-18(28)26-10-8-24(9-11-26)13-17(27)25-6-2-1-3-7-25/h4-5,12H,1-3,6-11,13-14H2. The SMILES string of the molecule is O=C(CSc1ccc(C(F)(F)F)cn1)N1CCN(CC(=O)N2CCCCC2)CC1. The number of rotatable bonds is 5. The number of carbonyl (C=O) groups excluding carboxylic acids is 2. The zero-order valence-electron chi connectivity index (χ0n) is 16.2. The van der Waals surface area contributed by atoms with Gasteiger partial charge in [0.2, 0.25) is 11.8 Å². The Morgan fingerprint density at radius 3 is 2.17 bits per heavy atom. The minimum absolute atomic E-state index is 0.0706. The van der Waals surface area contributed by atoms with Crippen LogP contribution in [0.2, 0.25) is 0 Å². The van der Waals surface area contributed by atoms with E-state index in [0.717, 1.165) is 50.0 Å². The molecule has 0 saturated carbocycles. The van der Waals surface area contributed by atoms with Crippen LogP contribution in [0.15, 0.2) is 23.4 Å². The molecule has 6 nitrogen and oxygen atoms in total. The normalized spacial score (nSPS) is 18.7. The molecule has 0 radical (unpaired) electrons. The van der Waals surface area contributed by atoms with Crippen LogP contribution in [0.1, 0.15) is 24.8 Å². The molecule has 0 spiro atoms. The number of carbonyl (C=O) groups is 2. The minimum atomic E-state index is -4.42. The van der Waals surface area contributed by atoms with E-state index in [1.807, 2.05) is 4.90 Å². The number of hydrogen-bond donors (Lipinski definition) is 0. The lowest BCUT2D eigenvalue weighted by Crippen LogP contribution is -2.52. The number of nitrogens with zero attached hydrogens (tertiary/aromatic N) is 4. The van der Waals surface area contributed by atoms with E-state index in [2.05, 4.69) is 9.88 Å². The Labute approximate surface area is 172 Å². The summed E-state index contributed by atoms with van der Waals surface area (Å²) in [5.41, 5.74) is -0.802. The summed E-state index contributed by atoms with van der Waals surface area (Å²) in [4.78, 5) is 34.2. The smallest absolute Gasteiger partial charge is 0.342 e. The molecule has 2 aliphatic rings. The van der Waals surface area contributed by atoms with Gasteiger partial charge in [0.25, 0.3) is 0 Å². The third kappa shape index (κ3) is 6.33. The first-order chi connectivity index (χ1) is 13.8. The van der Waals surface area contributed by atoms with Gasteiger partial charge in [-0.25, -0.2) is 4.98 Å². The molecule has 1 aromatic rings. The second-order valence-electron chi connectivity index (χ2n) is 7.27. The summed E-state index contributed by atoms with van der Waals surface area (Å²) in [5.74, 6) is 0.220. The molecule has 1 aromatic heterocycles. The molecular weight excluding hydrogens is 405 g/mol. The van der Waals surface area contributed by atoms with Gasteiger partial charge >= 0.3 is 6.18 Å². The number of pyridine rings is 1. The molecule has 0 N–H and O–H groups in total. The van der Waals surface area contributed by atoms with Gasteiger partial charge in [-0.2, -0.15) is 13.2 Å². The second-order valence-corrected chi connectivity index (χ2v) is 8.27. The van der Waals surface area contributed by atoms with Crippen molar-refractivity contribution in [2.24, 2.45) is 0 Å². The number of alkyl halides is 3. The summed E-state index contributed by atoms with van der Waals surface area (Å²) < 4.78 is 37.7. The highest BCUT2D eigenvalue weighted by Crippen LogP contribution is 2.29. The van der Waals surface area contributed by atoms with Gasteiger partial charge in [0.05, 0.1) is 22.9 Å². The van der Waals surface area contributed by atoms with Crippen LogP contribution >= 0.6 is 11.8 Å². The average molecular weight is 430 g/mol. The molecule has 2 fully saturated rings. The molecule has 3 rings (SSSR count). The number of aromatic nitrogens is 1. The second kappa shape index (κ2) is 9.80. The van der Waals surface area contributed by atoms with E-state index >= 15 is 0 Å². The van der Waals surface area contributed by atoms with Crippen molar-refractivity contribution in [3.63, 3.8) is 0 Å². The Balaban J connectivity index is 1.39. The molecule has 0 bridgehead atoms. The van der Waals surface area contributed by atoms with Crippen molar-refractivity contribution < 1.29 is 22.8 Å². The van der Waals surface area contributed by atoms with Crippen LogP contribution in [0.25, 0.3) is 0 Å². The molecule has 10 heteroatoms. The fourth-order valence-electron chi connectivity index (χ4n) is 3.45. The summed E-state index contributed by atoms with van der Waals surface area (Å²) in [6, 6.07) is 2.25. The number of piperidine rings is 1. The number of likely N-dealkylation sites (tertiary alicyclic amines) is 1. The maximum absolute atomic E-state index is 12.6. The van der Waals surface area contributed by atoms with Crippen molar-refractivity contribution in [3.05, 3.63) is 23.9 Å². The van der Waals surface area contributed by atoms with Crippen molar-refractivity contribution in [2.75, 3.05) is 51.6 Å². The highest BCUT2D eigenvalue weighted by Gasteiger charge is 2.30. The number of piperazine rings is 1. The highest BCUT2D eigenvalue weighted by atomic mass is 32.2. The molecule has 0 atom stereocenters. The van der Waals surface area contributed by atoms with E-state index in [-0.39, 0.29) is 17.6 Å². The van der Waals surface area contributed by atoms with Crippen LogP contribution in [0.5, 0.6) is 0 Å². The molecule has 0 aliphatic carbocycles. The van der Waals surface area contributed by atoms with Gasteiger partial charge < -0.3 is 9.80 Å². The first-order valence-corrected chi connectivity index (χ1v) is 10.8. The Bertz CT molecular complexity index is 700. The van der Waals surface area contributed by atoms with Crippen molar-refractivity contribution in [1.29, 1.82) is 0 Å². The molecule has 0 aromatic carbocycles. The predicted molar refractivity (Wildman–Crippen MR) is 103 cm³/mol. The van der Waals surface area contributed by atoms with E-state index in [1.54, 1.807) is 4.90 Å². The van der Waals surface area contributed by atoms with E-state index in [0.29, 0.717) is 37.7 Å². The summed E-state index contributed by atoms with van der Waals surface area (Å²) in [6.45, 7) is 4.47. The third-order valence-corrected chi connectivity index (χ3v) is 6.13. The lowest BCUT2D eigenvalue weighted by atomic mass is 10.1. The number of amides is 2. The van der Waals surface area contributed by atoms with Gasteiger partial charge in [-0.05, 0) is 31.4 Å². The summed E-state index contributed by atoms with van der Waals surface area (Å²) in [7, 11) is 0. The fourth-order valence-corrected chi connectivity index (χ4v) is 4.20. The minimum Gasteiger partial charge on any atom is -0.342 e. The summed E-state index contributed by atoms with van der Waals surface area (Å²) in [6.07, 6.45) is -0.310. The zero-order valence-corrected chi connectivity index (χ0v) is 17.0. The fraction of sp³-hybridized carbons (Fsp3) is 0.632. The van der Waals surface area contributed by atoms with Gasteiger partial charge in [0.15, 0.2) is 0 Å². The summed E-state index contributed by atoms with van der Waals surface area (Å²) in [5, 5.41) is 0.386. The molecule has 0 unspecified atom stereocenters. The van der Waals surface area contributed by atoms with Crippen molar-refractivity contribution >= 4 is 23.6 Å². The maximum Gasteiger partial charge on any atom is 0.417 e. The average Bonchev–Trinajstić information content (AvgIpc) is 2.73. The van der Waals surface area contributed by atoms with Crippen LogP contribution in [0.4, 0.5) is 13.2 Å². The highest BCUT2D eigenvalue weighted by molar-refractivity contribution is 7.99. The lowest BCUT2D eigenvalue weighted by Gasteiger charge is -2.36. The lowest BCUT2D eigenvalue weighted by molar-refractivity contribution is -0.138. The molecular formula is C19H25F3N4O2S. The Hall–Kier alpha value is -1.81. The van der Waals surface area contributed by atoms with Gasteiger partial charge in [-0.15, -0.1) is 0 Å². The van der Waals surface area contributed by atoms with Gasteiger partial charge in [0.1, 0.15) is 0 Å². The van der Waals surface area contributed by atoms with Crippen molar-refractivity contribution in [3.8, 4) is 0 Å². The Kier molecular flexibility index (Phi) is 7.39. The maximum atomic E-state index is 12.6. The number of halogens is 3. The quantitative estimate of drug-likeness (QED) is 0.672. The van der Waals surface area contributed by atoms with Gasteiger partial charge in [-0.3, -0.25) is 14.5 Å². The molecule has 2 aliphatic heterocycles. The van der Waals surface area contributed by atoms with Crippen LogP contribution in [-0.2, 0) is 15.8 Å². The molecule has 2 amide bonds. The topological polar surface area (TPSA) is 56.8 Å². The van der Waals surface area contributed by atoms with E-state index in [9.17, 15) is 22.8 Å². The first-order valence-electron chi connectivity index (χ1n) is 9.77. The van der Waals surface area contributed by atoms with Gasteiger partial charge in [0, 0.05) is 45.5 Å².